The van der Waals surface area contributed by atoms with Gasteiger partial charge in [-0.1, -0.05) is 32.9 Å². The van der Waals surface area contributed by atoms with E-state index in [4.69, 9.17) is 4.74 Å². The van der Waals surface area contributed by atoms with Crippen molar-refractivity contribution in [2.45, 2.75) is 46.5 Å². The van der Waals surface area contributed by atoms with E-state index in [1.807, 2.05) is 7.05 Å². The monoisotopic (exact) mass is 263 g/mol. The number of benzene rings is 1. The minimum atomic E-state index is 0.171. The summed E-state index contributed by atoms with van der Waals surface area (Å²) >= 11 is 0. The van der Waals surface area contributed by atoms with Gasteiger partial charge in [-0.15, -0.1) is 0 Å². The molecule has 0 saturated carbocycles. The zero-order chi connectivity index (χ0) is 14.6. The van der Waals surface area contributed by atoms with Crippen molar-refractivity contribution in [2.75, 3.05) is 20.7 Å². The molecule has 0 amide bonds. The van der Waals surface area contributed by atoms with Crippen molar-refractivity contribution in [3.8, 4) is 5.75 Å². The highest BCUT2D eigenvalue weighted by Gasteiger charge is 2.28. The van der Waals surface area contributed by atoms with Crippen LogP contribution in [0.5, 0.6) is 5.75 Å². The van der Waals surface area contributed by atoms with Crippen LogP contribution in [0.4, 0.5) is 0 Å². The first kappa shape index (κ1) is 16.0. The fourth-order valence-corrected chi connectivity index (χ4v) is 3.20. The topological polar surface area (TPSA) is 21.3 Å². The summed E-state index contributed by atoms with van der Waals surface area (Å²) in [5.74, 6) is 1.70. The second-order valence-electron chi connectivity index (χ2n) is 6.33. The van der Waals surface area contributed by atoms with Crippen molar-refractivity contribution in [1.82, 2.24) is 5.32 Å². The molecule has 1 atom stereocenters. The molecule has 0 radical (unpaired) electrons. The van der Waals surface area contributed by atoms with Crippen molar-refractivity contribution < 1.29 is 4.74 Å². The Hall–Kier alpha value is -1.02. The molecule has 0 aliphatic heterocycles. The Bertz CT molecular complexity index is 402. The number of hydrogen-bond acceptors (Lipinski definition) is 2. The first-order chi connectivity index (χ1) is 8.84. The summed E-state index contributed by atoms with van der Waals surface area (Å²) in [6, 6.07) is 4.57. The van der Waals surface area contributed by atoms with Gasteiger partial charge in [-0.05, 0) is 49.9 Å². The molecule has 0 fully saturated rings. The molecule has 2 heteroatoms. The largest absolute Gasteiger partial charge is 0.496 e. The maximum atomic E-state index is 5.47. The fourth-order valence-electron chi connectivity index (χ4n) is 3.20. The Balaban J connectivity index is 3.23. The van der Waals surface area contributed by atoms with E-state index in [1.54, 1.807) is 7.11 Å². The van der Waals surface area contributed by atoms with Crippen LogP contribution in [0.15, 0.2) is 12.1 Å². The predicted octanol–water partition coefficient (Wildman–Crippen LogP) is 3.84. The smallest absolute Gasteiger partial charge is 0.124 e. The van der Waals surface area contributed by atoms with Gasteiger partial charge in [0, 0.05) is 12.0 Å². The molecule has 108 valence electrons. The van der Waals surface area contributed by atoms with E-state index in [2.05, 4.69) is 52.1 Å². The van der Waals surface area contributed by atoms with Crippen molar-refractivity contribution >= 4 is 0 Å². The Morgan fingerprint density at radius 1 is 1.21 bits per heavy atom. The normalized spacial score (nSPS) is 14.5. The van der Waals surface area contributed by atoms with Crippen LogP contribution >= 0.6 is 0 Å². The van der Waals surface area contributed by atoms with Crippen LogP contribution in [0.3, 0.4) is 0 Å². The molecule has 0 aliphatic carbocycles. The van der Waals surface area contributed by atoms with Gasteiger partial charge >= 0.3 is 0 Å². The fraction of sp³-hybridized carbons (Fsp3) is 0.647. The lowest BCUT2D eigenvalue weighted by molar-refractivity contribution is 0.356. The molecule has 0 heterocycles. The number of likely N-dealkylation sites (N-methyl/N-ethyl adjacent to an activating group) is 1. The number of rotatable bonds is 6. The Kier molecular flexibility index (Phi) is 5.42. The SMILES string of the molecule is CNCC(C)(CC(C)C)c1cc(C)c(OC)c(C)c1. The summed E-state index contributed by atoms with van der Waals surface area (Å²) in [5, 5.41) is 3.35. The van der Waals surface area contributed by atoms with Crippen molar-refractivity contribution in [2.24, 2.45) is 5.92 Å². The maximum absolute atomic E-state index is 5.47. The summed E-state index contributed by atoms with van der Waals surface area (Å²) in [6.45, 7) is 12.2. The molecule has 1 unspecified atom stereocenters. The minimum absolute atomic E-state index is 0.171. The summed E-state index contributed by atoms with van der Waals surface area (Å²) < 4.78 is 5.47. The first-order valence-electron chi connectivity index (χ1n) is 7.14. The number of nitrogens with one attached hydrogen (secondary N) is 1. The van der Waals surface area contributed by atoms with Gasteiger partial charge in [0.15, 0.2) is 0 Å². The van der Waals surface area contributed by atoms with Gasteiger partial charge in [-0.2, -0.15) is 0 Å². The van der Waals surface area contributed by atoms with Gasteiger partial charge < -0.3 is 10.1 Å². The molecule has 19 heavy (non-hydrogen) atoms. The van der Waals surface area contributed by atoms with Crippen LogP contribution < -0.4 is 10.1 Å². The highest BCUT2D eigenvalue weighted by Crippen LogP contribution is 2.35. The standard InChI is InChI=1S/C17H29NO/c1-12(2)10-17(5,11-18-6)15-8-13(3)16(19-7)14(4)9-15/h8-9,12,18H,10-11H2,1-7H3. The van der Waals surface area contributed by atoms with E-state index in [1.165, 1.54) is 23.1 Å². The van der Waals surface area contributed by atoms with E-state index in [9.17, 15) is 0 Å². The molecular formula is C17H29NO. The van der Waals surface area contributed by atoms with Crippen LogP contribution in [-0.4, -0.2) is 20.7 Å². The molecule has 1 N–H and O–H groups in total. The van der Waals surface area contributed by atoms with Crippen LogP contribution in [0.2, 0.25) is 0 Å². The van der Waals surface area contributed by atoms with E-state index in [-0.39, 0.29) is 5.41 Å². The van der Waals surface area contributed by atoms with Crippen LogP contribution in [0.1, 0.15) is 43.9 Å². The molecule has 0 aliphatic rings. The van der Waals surface area contributed by atoms with Crippen LogP contribution in [0, 0.1) is 19.8 Å². The third kappa shape index (κ3) is 3.73. The summed E-state index contributed by atoms with van der Waals surface area (Å²) in [4.78, 5) is 0. The molecule has 0 aromatic heterocycles. The summed E-state index contributed by atoms with van der Waals surface area (Å²) in [5.41, 5.74) is 4.03. The molecule has 1 rings (SSSR count). The predicted molar refractivity (Wildman–Crippen MR) is 83.2 cm³/mol. The van der Waals surface area contributed by atoms with Crippen molar-refractivity contribution in [3.63, 3.8) is 0 Å². The van der Waals surface area contributed by atoms with Gasteiger partial charge in [0.05, 0.1) is 7.11 Å². The van der Waals surface area contributed by atoms with E-state index in [0.29, 0.717) is 5.92 Å². The molecular weight excluding hydrogens is 234 g/mol. The summed E-state index contributed by atoms with van der Waals surface area (Å²) in [7, 11) is 3.78. The molecule has 0 saturated heterocycles. The Morgan fingerprint density at radius 2 is 1.74 bits per heavy atom. The van der Waals surface area contributed by atoms with Gasteiger partial charge in [-0.25, -0.2) is 0 Å². The Morgan fingerprint density at radius 3 is 2.11 bits per heavy atom. The first-order valence-corrected chi connectivity index (χ1v) is 7.14. The lowest BCUT2D eigenvalue weighted by atomic mass is 9.75. The zero-order valence-corrected chi connectivity index (χ0v) is 13.6. The van der Waals surface area contributed by atoms with Gasteiger partial charge in [-0.3, -0.25) is 0 Å². The number of ether oxygens (including phenoxy) is 1. The number of aryl methyl sites for hydroxylation is 2. The number of methoxy groups -OCH3 is 1. The van der Waals surface area contributed by atoms with Crippen molar-refractivity contribution in [3.05, 3.63) is 28.8 Å². The summed E-state index contributed by atoms with van der Waals surface area (Å²) in [6.07, 6.45) is 1.18. The molecule has 0 bridgehead atoms. The van der Waals surface area contributed by atoms with Crippen LogP contribution in [-0.2, 0) is 5.41 Å². The molecule has 1 aromatic carbocycles. The van der Waals surface area contributed by atoms with Gasteiger partial charge in [0.2, 0.25) is 0 Å². The molecule has 2 nitrogen and oxygen atoms in total. The minimum Gasteiger partial charge on any atom is -0.496 e. The van der Waals surface area contributed by atoms with Gasteiger partial charge in [0.1, 0.15) is 5.75 Å². The third-order valence-corrected chi connectivity index (χ3v) is 3.79. The molecule has 1 aromatic rings. The zero-order valence-electron chi connectivity index (χ0n) is 13.6. The average molecular weight is 263 g/mol. The second kappa shape index (κ2) is 6.42. The lowest BCUT2D eigenvalue weighted by Gasteiger charge is -2.33. The average Bonchev–Trinajstić information content (AvgIpc) is 2.27. The highest BCUT2D eigenvalue weighted by molar-refractivity contribution is 5.45. The van der Waals surface area contributed by atoms with Crippen LogP contribution in [0.25, 0.3) is 0 Å². The lowest BCUT2D eigenvalue weighted by Crippen LogP contribution is -2.35. The third-order valence-electron chi connectivity index (χ3n) is 3.79. The number of hydrogen-bond donors (Lipinski definition) is 1. The van der Waals surface area contributed by atoms with E-state index in [0.717, 1.165) is 12.3 Å². The highest BCUT2D eigenvalue weighted by atomic mass is 16.5. The second-order valence-corrected chi connectivity index (χ2v) is 6.33. The van der Waals surface area contributed by atoms with E-state index < -0.39 is 0 Å². The molecule has 0 spiro atoms. The van der Waals surface area contributed by atoms with Crippen molar-refractivity contribution in [1.29, 1.82) is 0 Å². The van der Waals surface area contributed by atoms with Gasteiger partial charge in [0.25, 0.3) is 0 Å². The Labute approximate surface area is 118 Å². The quantitative estimate of drug-likeness (QED) is 0.842. The maximum Gasteiger partial charge on any atom is 0.124 e. The van der Waals surface area contributed by atoms with E-state index >= 15 is 0 Å².